The van der Waals surface area contributed by atoms with Crippen LogP contribution in [0.4, 0.5) is 9.93 Å². The summed E-state index contributed by atoms with van der Waals surface area (Å²) >= 11 is 1.63. The Labute approximate surface area is 145 Å². The normalized spacial score (nSPS) is 17.5. The number of piperidine rings is 1. The van der Waals surface area contributed by atoms with Crippen molar-refractivity contribution in [2.45, 2.75) is 32.2 Å². The molecule has 24 heavy (non-hydrogen) atoms. The van der Waals surface area contributed by atoms with Crippen molar-refractivity contribution in [3.8, 4) is 0 Å². The second-order valence-corrected chi connectivity index (χ2v) is 6.83. The Balaban J connectivity index is 1.59. The number of nitrogens with zero attached hydrogens (tertiary/aromatic N) is 3. The standard InChI is InChI=1S/C17H22N4O2S/c1-2-23-17(22)18-14-9-6-10-21(12-14)16-20-19-15(24-16)11-13-7-4-3-5-8-13/h3-5,7-8,14H,2,6,9-12H2,1H3,(H,18,22). The van der Waals surface area contributed by atoms with E-state index in [1.807, 2.05) is 25.1 Å². The van der Waals surface area contributed by atoms with Gasteiger partial charge in [0.2, 0.25) is 5.13 Å². The quantitative estimate of drug-likeness (QED) is 0.902. The summed E-state index contributed by atoms with van der Waals surface area (Å²) in [4.78, 5) is 13.8. The molecule has 0 spiro atoms. The first-order valence-electron chi connectivity index (χ1n) is 8.29. The fraction of sp³-hybridized carbons (Fsp3) is 0.471. The van der Waals surface area contributed by atoms with Gasteiger partial charge in [-0.25, -0.2) is 4.79 Å². The Morgan fingerprint density at radius 3 is 3.00 bits per heavy atom. The second kappa shape index (κ2) is 8.10. The molecule has 0 aliphatic carbocycles. The molecule has 7 heteroatoms. The van der Waals surface area contributed by atoms with Crippen LogP contribution in [-0.2, 0) is 11.2 Å². The Bertz CT molecular complexity index is 662. The number of benzene rings is 1. The fourth-order valence-corrected chi connectivity index (χ4v) is 3.73. The highest BCUT2D eigenvalue weighted by Gasteiger charge is 2.24. The van der Waals surface area contributed by atoms with Crippen molar-refractivity contribution in [2.24, 2.45) is 0 Å². The SMILES string of the molecule is CCOC(=O)NC1CCCN(c2nnc(Cc3ccccc3)s2)C1. The monoisotopic (exact) mass is 346 g/mol. The number of carbonyl (C=O) groups is 1. The van der Waals surface area contributed by atoms with E-state index in [2.05, 4.69) is 32.5 Å². The summed E-state index contributed by atoms with van der Waals surface area (Å²) in [5.41, 5.74) is 1.24. The van der Waals surface area contributed by atoms with E-state index in [1.165, 1.54) is 5.56 Å². The first kappa shape index (κ1) is 16.7. The van der Waals surface area contributed by atoms with Gasteiger partial charge in [-0.2, -0.15) is 0 Å². The minimum Gasteiger partial charge on any atom is -0.450 e. The minimum absolute atomic E-state index is 0.0965. The third-order valence-corrected chi connectivity index (χ3v) is 4.93. The van der Waals surface area contributed by atoms with Crippen molar-refractivity contribution in [1.29, 1.82) is 0 Å². The van der Waals surface area contributed by atoms with Crippen molar-refractivity contribution in [3.05, 3.63) is 40.9 Å². The summed E-state index contributed by atoms with van der Waals surface area (Å²) in [6.45, 7) is 3.89. The summed E-state index contributed by atoms with van der Waals surface area (Å²) in [6.07, 6.45) is 2.44. The lowest BCUT2D eigenvalue weighted by molar-refractivity contribution is 0.146. The van der Waals surface area contributed by atoms with Crippen LogP contribution in [0.15, 0.2) is 30.3 Å². The Kier molecular flexibility index (Phi) is 5.63. The van der Waals surface area contributed by atoms with Gasteiger partial charge in [0.05, 0.1) is 6.61 Å². The topological polar surface area (TPSA) is 67.3 Å². The largest absolute Gasteiger partial charge is 0.450 e. The van der Waals surface area contributed by atoms with Crippen LogP contribution in [-0.4, -0.2) is 42.0 Å². The molecule has 0 saturated carbocycles. The zero-order valence-electron chi connectivity index (χ0n) is 13.8. The molecule has 3 rings (SSSR count). The van der Waals surface area contributed by atoms with Crippen LogP contribution in [0.25, 0.3) is 0 Å². The number of alkyl carbamates (subject to hydrolysis) is 1. The summed E-state index contributed by atoms with van der Waals surface area (Å²) in [5.74, 6) is 0. The molecule has 1 atom stereocenters. The van der Waals surface area contributed by atoms with Crippen molar-refractivity contribution in [2.75, 3.05) is 24.6 Å². The van der Waals surface area contributed by atoms with E-state index in [4.69, 9.17) is 4.74 Å². The van der Waals surface area contributed by atoms with Gasteiger partial charge in [-0.3, -0.25) is 0 Å². The molecule has 1 unspecified atom stereocenters. The van der Waals surface area contributed by atoms with E-state index < -0.39 is 0 Å². The zero-order chi connectivity index (χ0) is 16.8. The first-order chi connectivity index (χ1) is 11.7. The lowest BCUT2D eigenvalue weighted by Crippen LogP contribution is -2.48. The molecule has 128 valence electrons. The molecule has 1 N–H and O–H groups in total. The molecule has 1 fully saturated rings. The molecule has 2 heterocycles. The highest BCUT2D eigenvalue weighted by atomic mass is 32.1. The highest BCUT2D eigenvalue weighted by molar-refractivity contribution is 7.15. The number of anilines is 1. The van der Waals surface area contributed by atoms with Crippen LogP contribution < -0.4 is 10.2 Å². The Hall–Kier alpha value is -2.15. The van der Waals surface area contributed by atoms with Crippen LogP contribution in [0.1, 0.15) is 30.3 Å². The number of hydrogen-bond acceptors (Lipinski definition) is 6. The van der Waals surface area contributed by atoms with Crippen molar-refractivity contribution in [1.82, 2.24) is 15.5 Å². The minimum atomic E-state index is -0.341. The molecule has 1 aliphatic rings. The zero-order valence-corrected chi connectivity index (χ0v) is 14.6. The molecular weight excluding hydrogens is 324 g/mol. The molecule has 1 amide bonds. The van der Waals surface area contributed by atoms with E-state index in [9.17, 15) is 4.79 Å². The molecule has 1 aliphatic heterocycles. The predicted molar refractivity (Wildman–Crippen MR) is 94.5 cm³/mol. The molecule has 2 aromatic rings. The number of carbonyl (C=O) groups excluding carboxylic acids is 1. The van der Waals surface area contributed by atoms with Crippen LogP contribution >= 0.6 is 11.3 Å². The van der Waals surface area contributed by atoms with Crippen LogP contribution in [0.5, 0.6) is 0 Å². The maximum Gasteiger partial charge on any atom is 0.407 e. The lowest BCUT2D eigenvalue weighted by Gasteiger charge is -2.32. The number of nitrogens with one attached hydrogen (secondary N) is 1. The van der Waals surface area contributed by atoms with Gasteiger partial charge in [0.1, 0.15) is 5.01 Å². The maximum atomic E-state index is 11.6. The second-order valence-electron chi connectivity index (χ2n) is 5.79. The molecule has 6 nitrogen and oxygen atoms in total. The van der Waals surface area contributed by atoms with Gasteiger partial charge in [-0.05, 0) is 25.3 Å². The predicted octanol–water partition coefficient (Wildman–Crippen LogP) is 2.84. The summed E-state index contributed by atoms with van der Waals surface area (Å²) in [7, 11) is 0. The number of hydrogen-bond donors (Lipinski definition) is 1. The van der Waals surface area contributed by atoms with Crippen molar-refractivity contribution >= 4 is 22.6 Å². The van der Waals surface area contributed by atoms with Gasteiger partial charge in [-0.1, -0.05) is 41.7 Å². The summed E-state index contributed by atoms with van der Waals surface area (Å²) < 4.78 is 4.96. The molecule has 0 bridgehead atoms. The van der Waals surface area contributed by atoms with Gasteiger partial charge in [0, 0.05) is 25.6 Å². The highest BCUT2D eigenvalue weighted by Crippen LogP contribution is 2.25. The molecule has 1 aromatic carbocycles. The van der Waals surface area contributed by atoms with Crippen LogP contribution in [0.3, 0.4) is 0 Å². The number of aromatic nitrogens is 2. The van der Waals surface area contributed by atoms with Gasteiger partial charge < -0.3 is 15.0 Å². The first-order valence-corrected chi connectivity index (χ1v) is 9.11. The van der Waals surface area contributed by atoms with E-state index in [0.717, 1.165) is 42.5 Å². The van der Waals surface area contributed by atoms with Gasteiger partial charge >= 0.3 is 6.09 Å². The average Bonchev–Trinajstić information content (AvgIpc) is 3.05. The van der Waals surface area contributed by atoms with E-state index in [1.54, 1.807) is 11.3 Å². The summed E-state index contributed by atoms with van der Waals surface area (Å²) in [6, 6.07) is 10.4. The molecule has 0 radical (unpaired) electrons. The fourth-order valence-electron chi connectivity index (χ4n) is 2.82. The lowest BCUT2D eigenvalue weighted by atomic mass is 10.1. The van der Waals surface area contributed by atoms with Crippen LogP contribution in [0.2, 0.25) is 0 Å². The molecular formula is C17H22N4O2S. The van der Waals surface area contributed by atoms with Gasteiger partial charge in [0.15, 0.2) is 0 Å². The number of ether oxygens (including phenoxy) is 1. The van der Waals surface area contributed by atoms with E-state index in [0.29, 0.717) is 6.61 Å². The summed E-state index contributed by atoms with van der Waals surface area (Å²) in [5, 5.41) is 13.5. The molecule has 1 aromatic heterocycles. The van der Waals surface area contributed by atoms with Crippen molar-refractivity contribution in [3.63, 3.8) is 0 Å². The van der Waals surface area contributed by atoms with Crippen molar-refractivity contribution < 1.29 is 9.53 Å². The smallest absolute Gasteiger partial charge is 0.407 e. The molecule has 1 saturated heterocycles. The maximum absolute atomic E-state index is 11.6. The number of rotatable bonds is 5. The Morgan fingerprint density at radius 1 is 1.38 bits per heavy atom. The van der Waals surface area contributed by atoms with E-state index in [-0.39, 0.29) is 12.1 Å². The third-order valence-electron chi connectivity index (χ3n) is 3.94. The third kappa shape index (κ3) is 4.44. The number of amides is 1. The Morgan fingerprint density at radius 2 is 2.21 bits per heavy atom. The average molecular weight is 346 g/mol. The van der Waals surface area contributed by atoms with Gasteiger partial charge in [-0.15, -0.1) is 10.2 Å². The van der Waals surface area contributed by atoms with Gasteiger partial charge in [0.25, 0.3) is 0 Å². The van der Waals surface area contributed by atoms with Crippen LogP contribution in [0, 0.1) is 0 Å². The van der Waals surface area contributed by atoms with E-state index >= 15 is 0 Å².